The van der Waals surface area contributed by atoms with E-state index in [1.54, 1.807) is 6.42 Å². The molecule has 4 aliphatic rings. The number of unbranched alkanes of at least 4 members (excludes halogenated alkanes) is 1. The van der Waals surface area contributed by atoms with Gasteiger partial charge in [0.1, 0.15) is 0 Å². The van der Waals surface area contributed by atoms with Gasteiger partial charge in [0.25, 0.3) is 0 Å². The number of allylic oxidation sites excluding steroid dienone is 2. The van der Waals surface area contributed by atoms with E-state index in [-0.39, 0.29) is 0 Å². The van der Waals surface area contributed by atoms with E-state index in [2.05, 4.69) is 26.8 Å². The van der Waals surface area contributed by atoms with Gasteiger partial charge in [-0.2, -0.15) is 0 Å². The van der Waals surface area contributed by atoms with E-state index >= 15 is 0 Å². The van der Waals surface area contributed by atoms with Crippen molar-refractivity contribution in [2.24, 2.45) is 47.3 Å². The first-order valence-electron chi connectivity index (χ1n) is 12.4. The van der Waals surface area contributed by atoms with Crippen molar-refractivity contribution in [3.63, 3.8) is 0 Å². The van der Waals surface area contributed by atoms with Crippen LogP contribution in [0, 0.1) is 47.3 Å². The van der Waals surface area contributed by atoms with Crippen LogP contribution in [-0.2, 0) is 4.74 Å². The van der Waals surface area contributed by atoms with Gasteiger partial charge >= 0.3 is 0 Å². The zero-order chi connectivity index (χ0) is 18.8. The molecule has 3 aliphatic carbocycles. The molecule has 154 valence electrons. The van der Waals surface area contributed by atoms with Crippen LogP contribution in [0.1, 0.15) is 91.4 Å². The summed E-state index contributed by atoms with van der Waals surface area (Å²) < 4.78 is 5.81. The van der Waals surface area contributed by atoms with E-state index in [0.29, 0.717) is 0 Å². The lowest BCUT2D eigenvalue weighted by molar-refractivity contribution is 0.00925. The lowest BCUT2D eigenvalue weighted by atomic mass is 9.64. The zero-order valence-corrected chi connectivity index (χ0v) is 18.3. The fourth-order valence-electron chi connectivity index (χ4n) is 6.79. The highest BCUT2D eigenvalue weighted by Crippen LogP contribution is 2.56. The molecule has 2 saturated carbocycles. The van der Waals surface area contributed by atoms with Crippen LogP contribution in [0.15, 0.2) is 11.6 Å². The van der Waals surface area contributed by atoms with Crippen LogP contribution in [0.3, 0.4) is 0 Å². The largest absolute Gasteiger partial charge is 0.381 e. The second kappa shape index (κ2) is 9.02. The Balaban J connectivity index is 1.19. The van der Waals surface area contributed by atoms with Gasteiger partial charge in [-0.05, 0) is 98.7 Å². The molecular formula is C26H44O. The molecular weight excluding hydrogens is 328 g/mol. The Bertz CT molecular complexity index is 508. The first kappa shape index (κ1) is 20.0. The number of hydrogen-bond donors (Lipinski definition) is 0. The van der Waals surface area contributed by atoms with Gasteiger partial charge in [-0.3, -0.25) is 0 Å². The number of hydrogen-bond acceptors (Lipinski definition) is 1. The molecule has 0 spiro atoms. The van der Waals surface area contributed by atoms with E-state index in [1.807, 2.05) is 5.57 Å². The summed E-state index contributed by atoms with van der Waals surface area (Å²) in [7, 11) is 0. The van der Waals surface area contributed by atoms with Crippen LogP contribution in [0.5, 0.6) is 0 Å². The Kier molecular flexibility index (Phi) is 6.68. The third-order valence-electron chi connectivity index (χ3n) is 8.87. The molecule has 1 nitrogen and oxygen atoms in total. The maximum atomic E-state index is 5.81. The molecule has 3 fully saturated rings. The molecule has 0 N–H and O–H groups in total. The normalized spacial score (nSPS) is 42.5. The summed E-state index contributed by atoms with van der Waals surface area (Å²) in [6.07, 6.45) is 18.5. The molecule has 0 aromatic rings. The first-order chi connectivity index (χ1) is 13.2. The van der Waals surface area contributed by atoms with Gasteiger partial charge in [0, 0.05) is 13.2 Å². The standard InChI is InChI=1S/C26H44O/c1-4-5-6-18(2)13-20-7-8-21(14-20)24-10-9-22(24)15-23-16-25(23)26-17-27-12-11-19(26)3/h7,18-19,21-26H,4-6,8-17H2,1-3H3/t18-,19+,21+,22-,23?,24?,25+,26?/m0/s1. The molecule has 1 saturated heterocycles. The summed E-state index contributed by atoms with van der Waals surface area (Å²) >= 11 is 0. The second-order valence-corrected chi connectivity index (χ2v) is 10.9. The minimum atomic E-state index is 0.881. The summed E-state index contributed by atoms with van der Waals surface area (Å²) in [5, 5.41) is 0. The van der Waals surface area contributed by atoms with Crippen LogP contribution in [0.4, 0.5) is 0 Å². The monoisotopic (exact) mass is 372 g/mol. The van der Waals surface area contributed by atoms with E-state index in [4.69, 9.17) is 4.74 Å². The lowest BCUT2D eigenvalue weighted by Crippen LogP contribution is -2.33. The SMILES string of the molecule is CCCC[C@H](C)CC1=CC[C@@H](C2CC[C@H]2CC2C[C@H]2C2COCC[C@H]2C)C1. The Morgan fingerprint density at radius 1 is 1.11 bits per heavy atom. The predicted octanol–water partition coefficient (Wildman–Crippen LogP) is 7.26. The highest BCUT2D eigenvalue weighted by Gasteiger charge is 2.48. The fourth-order valence-corrected chi connectivity index (χ4v) is 6.79. The summed E-state index contributed by atoms with van der Waals surface area (Å²) in [4.78, 5) is 0. The topological polar surface area (TPSA) is 9.23 Å². The number of rotatable bonds is 9. The average Bonchev–Trinajstić information content (AvgIpc) is 3.27. The average molecular weight is 373 g/mol. The lowest BCUT2D eigenvalue weighted by Gasteiger charge is -2.41. The van der Waals surface area contributed by atoms with Gasteiger partial charge < -0.3 is 4.74 Å². The van der Waals surface area contributed by atoms with Gasteiger partial charge in [0.05, 0.1) is 0 Å². The maximum Gasteiger partial charge on any atom is 0.0499 e. The Morgan fingerprint density at radius 2 is 2.00 bits per heavy atom. The molecule has 1 heteroatoms. The highest BCUT2D eigenvalue weighted by molar-refractivity contribution is 5.13. The molecule has 0 amide bonds. The third-order valence-corrected chi connectivity index (χ3v) is 8.87. The first-order valence-corrected chi connectivity index (χ1v) is 12.4. The summed E-state index contributed by atoms with van der Waals surface area (Å²) in [6.45, 7) is 9.33. The zero-order valence-electron chi connectivity index (χ0n) is 18.3. The van der Waals surface area contributed by atoms with Crippen LogP contribution in [0.2, 0.25) is 0 Å². The van der Waals surface area contributed by atoms with Crippen LogP contribution < -0.4 is 0 Å². The summed E-state index contributed by atoms with van der Waals surface area (Å²) in [5.74, 6) is 7.88. The fraction of sp³-hybridized carbons (Fsp3) is 0.923. The quantitative estimate of drug-likeness (QED) is 0.387. The molecule has 1 heterocycles. The van der Waals surface area contributed by atoms with Crippen molar-refractivity contribution < 1.29 is 4.74 Å². The molecule has 0 aromatic carbocycles. The molecule has 0 bridgehead atoms. The van der Waals surface area contributed by atoms with Gasteiger partial charge in [-0.25, -0.2) is 0 Å². The minimum Gasteiger partial charge on any atom is -0.381 e. The van der Waals surface area contributed by atoms with Crippen molar-refractivity contribution >= 4 is 0 Å². The van der Waals surface area contributed by atoms with Gasteiger partial charge in [-0.15, -0.1) is 0 Å². The van der Waals surface area contributed by atoms with Crippen LogP contribution >= 0.6 is 0 Å². The van der Waals surface area contributed by atoms with Crippen molar-refractivity contribution in [3.05, 3.63) is 11.6 Å². The Morgan fingerprint density at radius 3 is 2.74 bits per heavy atom. The summed E-state index contributed by atoms with van der Waals surface area (Å²) in [6, 6.07) is 0. The molecule has 8 atom stereocenters. The van der Waals surface area contributed by atoms with E-state index < -0.39 is 0 Å². The van der Waals surface area contributed by atoms with Crippen LogP contribution in [-0.4, -0.2) is 13.2 Å². The van der Waals surface area contributed by atoms with E-state index in [1.165, 1.54) is 64.2 Å². The summed E-state index contributed by atoms with van der Waals surface area (Å²) in [5.41, 5.74) is 1.81. The van der Waals surface area contributed by atoms with Gasteiger partial charge in [0.15, 0.2) is 0 Å². The third kappa shape index (κ3) is 4.82. The van der Waals surface area contributed by atoms with Crippen molar-refractivity contribution in [2.75, 3.05) is 13.2 Å². The molecule has 1 aliphatic heterocycles. The minimum absolute atomic E-state index is 0.881. The van der Waals surface area contributed by atoms with Crippen molar-refractivity contribution in [2.45, 2.75) is 91.4 Å². The molecule has 27 heavy (non-hydrogen) atoms. The molecule has 4 rings (SSSR count). The maximum absolute atomic E-state index is 5.81. The van der Waals surface area contributed by atoms with Crippen LogP contribution in [0.25, 0.3) is 0 Å². The predicted molar refractivity (Wildman–Crippen MR) is 115 cm³/mol. The highest BCUT2D eigenvalue weighted by atomic mass is 16.5. The van der Waals surface area contributed by atoms with E-state index in [9.17, 15) is 0 Å². The smallest absolute Gasteiger partial charge is 0.0499 e. The van der Waals surface area contributed by atoms with E-state index in [0.717, 1.165) is 60.6 Å². The molecule has 0 radical (unpaired) electrons. The van der Waals surface area contributed by atoms with Gasteiger partial charge in [0.2, 0.25) is 0 Å². The Labute approximate surface area is 168 Å². The molecule has 0 aromatic heterocycles. The molecule has 3 unspecified atom stereocenters. The Hall–Kier alpha value is -0.300. The van der Waals surface area contributed by atoms with Crippen molar-refractivity contribution in [1.82, 2.24) is 0 Å². The van der Waals surface area contributed by atoms with Gasteiger partial charge in [-0.1, -0.05) is 51.7 Å². The van der Waals surface area contributed by atoms with Crippen molar-refractivity contribution in [1.29, 1.82) is 0 Å². The second-order valence-electron chi connectivity index (χ2n) is 10.9. The number of ether oxygens (including phenoxy) is 1. The van der Waals surface area contributed by atoms with Crippen molar-refractivity contribution in [3.8, 4) is 0 Å².